The van der Waals surface area contributed by atoms with E-state index in [2.05, 4.69) is 6.07 Å². The molecule has 0 aliphatic heterocycles. The molecular weight excluding hydrogens is 278 g/mol. The smallest absolute Gasteiger partial charge is 0.269 e. The number of nitrogens with zero attached hydrogens (tertiary/aromatic N) is 3. The Hall–Kier alpha value is -2.71. The molecule has 0 aliphatic rings. The minimum atomic E-state index is -0.438. The highest BCUT2D eigenvalue weighted by atomic mass is 16.6. The van der Waals surface area contributed by atoms with Gasteiger partial charge >= 0.3 is 0 Å². The maximum absolute atomic E-state index is 10.7. The molecule has 2 aromatic rings. The fraction of sp³-hybridized carbons (Fsp3) is 0.235. The molecule has 0 bridgehead atoms. The van der Waals surface area contributed by atoms with Gasteiger partial charge in [-0.1, -0.05) is 37.3 Å². The van der Waals surface area contributed by atoms with Crippen molar-refractivity contribution in [1.29, 1.82) is 5.26 Å². The normalized spacial score (nSPS) is 11.9. The van der Waals surface area contributed by atoms with Crippen LogP contribution >= 0.6 is 0 Å². The Morgan fingerprint density at radius 2 is 1.82 bits per heavy atom. The summed E-state index contributed by atoms with van der Waals surface area (Å²) in [6.45, 7) is 3.37. The largest absolute Gasteiger partial charge is 0.280 e. The summed E-state index contributed by atoms with van der Waals surface area (Å²) in [5.74, 6) is 0. The molecule has 1 unspecified atom stereocenters. The Morgan fingerprint density at radius 1 is 1.18 bits per heavy atom. The van der Waals surface area contributed by atoms with Crippen molar-refractivity contribution in [2.45, 2.75) is 19.5 Å². The van der Waals surface area contributed by atoms with Gasteiger partial charge in [0.05, 0.1) is 11.0 Å². The second-order valence-corrected chi connectivity index (χ2v) is 4.93. The summed E-state index contributed by atoms with van der Waals surface area (Å²) in [6.07, 6.45) is 0. The van der Waals surface area contributed by atoms with Crippen LogP contribution in [0.15, 0.2) is 54.6 Å². The van der Waals surface area contributed by atoms with Crippen LogP contribution in [0.1, 0.15) is 24.1 Å². The van der Waals surface area contributed by atoms with Crippen LogP contribution in [0.25, 0.3) is 0 Å². The average Bonchev–Trinajstić information content (AvgIpc) is 2.56. The molecule has 0 aliphatic carbocycles. The molecule has 0 fully saturated rings. The predicted molar refractivity (Wildman–Crippen MR) is 84.0 cm³/mol. The zero-order valence-electron chi connectivity index (χ0n) is 12.3. The first kappa shape index (κ1) is 15.7. The minimum absolute atomic E-state index is 0.0338. The number of non-ortho nitro benzene ring substituents is 1. The van der Waals surface area contributed by atoms with E-state index in [1.54, 1.807) is 12.1 Å². The first-order chi connectivity index (χ1) is 10.7. The van der Waals surface area contributed by atoms with Gasteiger partial charge in [-0.25, -0.2) is 0 Å². The van der Waals surface area contributed by atoms with Gasteiger partial charge in [0.2, 0.25) is 0 Å². The molecule has 0 radical (unpaired) electrons. The van der Waals surface area contributed by atoms with Gasteiger partial charge in [-0.3, -0.25) is 15.0 Å². The second kappa shape index (κ2) is 7.34. The quantitative estimate of drug-likeness (QED) is 0.602. The number of rotatable bonds is 6. The van der Waals surface area contributed by atoms with Gasteiger partial charge in [-0.2, -0.15) is 5.26 Å². The van der Waals surface area contributed by atoms with Crippen LogP contribution in [-0.4, -0.2) is 16.4 Å². The molecule has 0 aromatic heterocycles. The molecule has 0 saturated carbocycles. The molecule has 0 amide bonds. The van der Waals surface area contributed by atoms with Crippen molar-refractivity contribution >= 4 is 5.69 Å². The topological polar surface area (TPSA) is 70.2 Å². The maximum Gasteiger partial charge on any atom is 0.269 e. The molecule has 5 nitrogen and oxygen atoms in total. The van der Waals surface area contributed by atoms with Crippen LogP contribution in [0.4, 0.5) is 5.69 Å². The van der Waals surface area contributed by atoms with E-state index < -0.39 is 11.0 Å². The summed E-state index contributed by atoms with van der Waals surface area (Å²) in [6, 6.07) is 18.0. The highest BCUT2D eigenvalue weighted by Crippen LogP contribution is 2.24. The lowest BCUT2D eigenvalue weighted by Gasteiger charge is -2.26. The molecule has 112 valence electrons. The van der Waals surface area contributed by atoms with E-state index in [4.69, 9.17) is 0 Å². The molecule has 2 rings (SSSR count). The molecule has 5 heteroatoms. The first-order valence-electron chi connectivity index (χ1n) is 7.07. The SMILES string of the molecule is CCN(Cc1ccccc1)C(C#N)c1ccc([N+](=O)[O-])cc1. The zero-order valence-corrected chi connectivity index (χ0v) is 12.3. The summed E-state index contributed by atoms with van der Waals surface area (Å²) in [7, 11) is 0. The first-order valence-corrected chi connectivity index (χ1v) is 7.07. The number of nitriles is 1. The van der Waals surface area contributed by atoms with E-state index in [1.165, 1.54) is 12.1 Å². The molecule has 0 saturated heterocycles. The third kappa shape index (κ3) is 3.68. The average molecular weight is 295 g/mol. The minimum Gasteiger partial charge on any atom is -0.280 e. The maximum atomic E-state index is 10.7. The van der Waals surface area contributed by atoms with Crippen LogP contribution in [-0.2, 0) is 6.54 Å². The second-order valence-electron chi connectivity index (χ2n) is 4.93. The lowest BCUT2D eigenvalue weighted by molar-refractivity contribution is -0.384. The van der Waals surface area contributed by atoms with Crippen molar-refractivity contribution in [2.24, 2.45) is 0 Å². The molecular formula is C17H17N3O2. The lowest BCUT2D eigenvalue weighted by atomic mass is 10.0. The monoisotopic (exact) mass is 295 g/mol. The summed E-state index contributed by atoms with van der Waals surface area (Å²) in [5.41, 5.74) is 1.93. The van der Waals surface area contributed by atoms with Crippen LogP contribution < -0.4 is 0 Å². The van der Waals surface area contributed by atoms with Gasteiger partial charge < -0.3 is 0 Å². The van der Waals surface area contributed by atoms with E-state index in [-0.39, 0.29) is 5.69 Å². The fourth-order valence-electron chi connectivity index (χ4n) is 2.35. The lowest BCUT2D eigenvalue weighted by Crippen LogP contribution is -2.27. The van der Waals surface area contributed by atoms with Crippen molar-refractivity contribution in [2.75, 3.05) is 6.54 Å². The molecule has 0 spiro atoms. The summed E-state index contributed by atoms with van der Waals surface area (Å²) in [5, 5.41) is 20.2. The molecule has 1 atom stereocenters. The van der Waals surface area contributed by atoms with E-state index in [0.717, 1.165) is 11.1 Å². The van der Waals surface area contributed by atoms with Gasteiger partial charge in [0, 0.05) is 18.7 Å². The fourth-order valence-corrected chi connectivity index (χ4v) is 2.35. The van der Waals surface area contributed by atoms with Gasteiger partial charge in [0.15, 0.2) is 0 Å². The summed E-state index contributed by atoms with van der Waals surface area (Å²) < 4.78 is 0. The zero-order chi connectivity index (χ0) is 15.9. The Bertz CT molecular complexity index is 663. The third-order valence-corrected chi connectivity index (χ3v) is 3.54. The Morgan fingerprint density at radius 3 is 2.32 bits per heavy atom. The summed E-state index contributed by atoms with van der Waals surface area (Å²) >= 11 is 0. The molecule has 0 N–H and O–H groups in total. The standard InChI is InChI=1S/C17H17N3O2/c1-2-19(13-14-6-4-3-5-7-14)17(12-18)15-8-10-16(11-9-15)20(21)22/h3-11,17H,2,13H2,1H3. The number of nitro benzene ring substituents is 1. The summed E-state index contributed by atoms with van der Waals surface area (Å²) in [4.78, 5) is 12.3. The van der Waals surface area contributed by atoms with Crippen LogP contribution in [0.2, 0.25) is 0 Å². The predicted octanol–water partition coefficient (Wildman–Crippen LogP) is 3.68. The van der Waals surface area contributed by atoms with Crippen LogP contribution in [0.3, 0.4) is 0 Å². The Balaban J connectivity index is 2.21. The van der Waals surface area contributed by atoms with Crippen molar-refractivity contribution < 1.29 is 4.92 Å². The van der Waals surface area contributed by atoms with Crippen molar-refractivity contribution in [3.8, 4) is 6.07 Å². The van der Waals surface area contributed by atoms with Crippen molar-refractivity contribution in [3.05, 3.63) is 75.8 Å². The highest BCUT2D eigenvalue weighted by molar-refractivity contribution is 5.36. The highest BCUT2D eigenvalue weighted by Gasteiger charge is 2.19. The van der Waals surface area contributed by atoms with E-state index in [9.17, 15) is 15.4 Å². The number of nitro groups is 1. The number of hydrogen-bond acceptors (Lipinski definition) is 4. The number of hydrogen-bond donors (Lipinski definition) is 0. The Kier molecular flexibility index (Phi) is 5.23. The molecule has 0 heterocycles. The molecule has 2 aromatic carbocycles. The Labute approximate surface area is 129 Å². The van der Waals surface area contributed by atoms with Crippen LogP contribution in [0.5, 0.6) is 0 Å². The van der Waals surface area contributed by atoms with E-state index in [1.807, 2.05) is 42.2 Å². The van der Waals surface area contributed by atoms with Gasteiger partial charge in [0.1, 0.15) is 6.04 Å². The van der Waals surface area contributed by atoms with Crippen LogP contribution in [0, 0.1) is 21.4 Å². The van der Waals surface area contributed by atoms with Gasteiger partial charge in [0.25, 0.3) is 5.69 Å². The van der Waals surface area contributed by atoms with Gasteiger partial charge in [-0.05, 0) is 29.8 Å². The van der Waals surface area contributed by atoms with E-state index >= 15 is 0 Å². The van der Waals surface area contributed by atoms with E-state index in [0.29, 0.717) is 13.1 Å². The van der Waals surface area contributed by atoms with Crippen molar-refractivity contribution in [1.82, 2.24) is 4.90 Å². The third-order valence-electron chi connectivity index (χ3n) is 3.54. The van der Waals surface area contributed by atoms with Crippen molar-refractivity contribution in [3.63, 3.8) is 0 Å². The number of benzene rings is 2. The molecule has 22 heavy (non-hydrogen) atoms. The van der Waals surface area contributed by atoms with Gasteiger partial charge in [-0.15, -0.1) is 0 Å².